The van der Waals surface area contributed by atoms with Crippen LogP contribution in [0.4, 0.5) is 0 Å². The van der Waals surface area contributed by atoms with E-state index >= 15 is 0 Å². The molecule has 3 nitrogen and oxygen atoms in total. The van der Waals surface area contributed by atoms with Gasteiger partial charge in [-0.25, -0.2) is 0 Å². The minimum absolute atomic E-state index is 0.714. The van der Waals surface area contributed by atoms with Gasteiger partial charge in [0.2, 0.25) is 0 Å². The van der Waals surface area contributed by atoms with Crippen molar-refractivity contribution < 1.29 is 0 Å². The summed E-state index contributed by atoms with van der Waals surface area (Å²) in [5, 5.41) is 0. The first kappa shape index (κ1) is 14.2. The van der Waals surface area contributed by atoms with Crippen molar-refractivity contribution in [3.63, 3.8) is 0 Å². The molecule has 3 heterocycles. The lowest BCUT2D eigenvalue weighted by Crippen LogP contribution is -2.29. The number of hydrogen-bond acceptors (Lipinski definition) is 3. The Labute approximate surface area is 127 Å². The third-order valence-electron chi connectivity index (χ3n) is 4.36. The molecule has 1 aliphatic heterocycles. The molecule has 0 aromatic carbocycles. The van der Waals surface area contributed by atoms with E-state index in [-0.39, 0.29) is 0 Å². The van der Waals surface area contributed by atoms with Gasteiger partial charge in [0.25, 0.3) is 0 Å². The monoisotopic (exact) mass is 281 g/mol. The Kier molecular flexibility index (Phi) is 4.61. The Morgan fingerprint density at radius 1 is 1.14 bits per heavy atom. The number of rotatable bonds is 5. The van der Waals surface area contributed by atoms with E-state index in [0.29, 0.717) is 6.04 Å². The van der Waals surface area contributed by atoms with E-state index in [9.17, 15) is 0 Å². The molecule has 0 saturated carbocycles. The molecule has 21 heavy (non-hydrogen) atoms. The third kappa shape index (κ3) is 3.88. The fourth-order valence-electron chi connectivity index (χ4n) is 3.25. The summed E-state index contributed by atoms with van der Waals surface area (Å²) in [5.74, 6) is 0. The van der Waals surface area contributed by atoms with Crippen LogP contribution in [0.1, 0.15) is 36.1 Å². The van der Waals surface area contributed by atoms with Crippen LogP contribution in [-0.4, -0.2) is 27.5 Å². The van der Waals surface area contributed by atoms with E-state index in [0.717, 1.165) is 18.7 Å². The van der Waals surface area contributed by atoms with Crippen LogP contribution in [-0.2, 0) is 13.0 Å². The van der Waals surface area contributed by atoms with Gasteiger partial charge in [-0.2, -0.15) is 0 Å². The van der Waals surface area contributed by atoms with E-state index in [1.807, 2.05) is 18.6 Å². The summed E-state index contributed by atoms with van der Waals surface area (Å²) in [4.78, 5) is 11.0. The zero-order valence-electron chi connectivity index (χ0n) is 12.7. The maximum Gasteiger partial charge on any atom is 0.0375 e. The Bertz CT molecular complexity index is 568. The second-order valence-corrected chi connectivity index (χ2v) is 5.97. The van der Waals surface area contributed by atoms with Crippen LogP contribution >= 0.6 is 0 Å². The van der Waals surface area contributed by atoms with Crippen molar-refractivity contribution in [1.29, 1.82) is 0 Å². The molecule has 2 aromatic heterocycles. The Morgan fingerprint density at radius 2 is 1.95 bits per heavy atom. The molecule has 2 aromatic rings. The second-order valence-electron chi connectivity index (χ2n) is 5.97. The number of hydrogen-bond donors (Lipinski definition) is 0. The van der Waals surface area contributed by atoms with Crippen molar-refractivity contribution in [3.05, 3.63) is 59.7 Å². The average molecular weight is 281 g/mol. The summed E-state index contributed by atoms with van der Waals surface area (Å²) in [7, 11) is 0. The summed E-state index contributed by atoms with van der Waals surface area (Å²) in [6.45, 7) is 4.35. The maximum atomic E-state index is 4.27. The first-order valence-corrected chi connectivity index (χ1v) is 7.86. The predicted molar refractivity (Wildman–Crippen MR) is 85.0 cm³/mol. The topological polar surface area (TPSA) is 29.0 Å². The normalized spacial score (nSPS) is 19.0. The SMILES string of the molecule is Cc1cc(CCC2CCCN2Cc2ccncc2)ccn1. The van der Waals surface area contributed by atoms with E-state index in [1.54, 1.807) is 0 Å². The van der Waals surface area contributed by atoms with Gasteiger partial charge < -0.3 is 0 Å². The van der Waals surface area contributed by atoms with E-state index < -0.39 is 0 Å². The van der Waals surface area contributed by atoms with Crippen molar-refractivity contribution in [1.82, 2.24) is 14.9 Å². The van der Waals surface area contributed by atoms with Crippen LogP contribution in [0.5, 0.6) is 0 Å². The van der Waals surface area contributed by atoms with Crippen LogP contribution in [0.2, 0.25) is 0 Å². The molecule has 0 spiro atoms. The van der Waals surface area contributed by atoms with Gasteiger partial charge in [-0.3, -0.25) is 14.9 Å². The van der Waals surface area contributed by atoms with Gasteiger partial charge in [0.1, 0.15) is 0 Å². The van der Waals surface area contributed by atoms with Crippen molar-refractivity contribution in [3.8, 4) is 0 Å². The molecule has 110 valence electrons. The molecule has 0 radical (unpaired) electrons. The molecular weight excluding hydrogens is 258 g/mol. The summed E-state index contributed by atoms with van der Waals surface area (Å²) in [6.07, 6.45) is 10.8. The van der Waals surface area contributed by atoms with E-state index in [1.165, 1.54) is 36.9 Å². The average Bonchev–Trinajstić information content (AvgIpc) is 2.93. The molecule has 3 heteroatoms. The molecule has 0 aliphatic carbocycles. The van der Waals surface area contributed by atoms with E-state index in [4.69, 9.17) is 0 Å². The highest BCUT2D eigenvalue weighted by Crippen LogP contribution is 2.23. The standard InChI is InChI=1S/C18H23N3/c1-15-13-16(8-11-20-15)4-5-18-3-2-12-21(18)14-17-6-9-19-10-7-17/h6-11,13,18H,2-5,12,14H2,1H3. The lowest BCUT2D eigenvalue weighted by molar-refractivity contribution is 0.234. The summed E-state index contributed by atoms with van der Waals surface area (Å²) >= 11 is 0. The molecule has 0 N–H and O–H groups in total. The van der Waals surface area contributed by atoms with Gasteiger partial charge in [0.05, 0.1) is 0 Å². The highest BCUT2D eigenvalue weighted by atomic mass is 15.2. The van der Waals surface area contributed by atoms with Gasteiger partial charge in [-0.1, -0.05) is 0 Å². The molecule has 0 amide bonds. The van der Waals surface area contributed by atoms with Crippen molar-refractivity contribution in [2.45, 2.75) is 45.2 Å². The Morgan fingerprint density at radius 3 is 2.76 bits per heavy atom. The van der Waals surface area contributed by atoms with Crippen LogP contribution in [0.15, 0.2) is 42.9 Å². The largest absolute Gasteiger partial charge is 0.296 e. The molecule has 1 aliphatic rings. The highest BCUT2D eigenvalue weighted by Gasteiger charge is 2.23. The van der Waals surface area contributed by atoms with Gasteiger partial charge >= 0.3 is 0 Å². The van der Waals surface area contributed by atoms with Crippen LogP contribution in [0.3, 0.4) is 0 Å². The molecular formula is C18H23N3. The van der Waals surface area contributed by atoms with Gasteiger partial charge in [0, 0.05) is 36.9 Å². The minimum Gasteiger partial charge on any atom is -0.296 e. The van der Waals surface area contributed by atoms with E-state index in [2.05, 4.69) is 46.1 Å². The zero-order chi connectivity index (χ0) is 14.5. The molecule has 0 bridgehead atoms. The van der Waals surface area contributed by atoms with Gasteiger partial charge in [-0.15, -0.1) is 0 Å². The zero-order valence-corrected chi connectivity index (χ0v) is 12.7. The second kappa shape index (κ2) is 6.81. The summed E-state index contributed by atoms with van der Waals surface area (Å²) in [5.41, 5.74) is 3.91. The van der Waals surface area contributed by atoms with Crippen molar-refractivity contribution in [2.75, 3.05) is 6.54 Å². The Hall–Kier alpha value is -1.74. The number of aryl methyl sites for hydroxylation is 2. The summed E-state index contributed by atoms with van der Waals surface area (Å²) < 4.78 is 0. The first-order valence-electron chi connectivity index (χ1n) is 7.86. The smallest absolute Gasteiger partial charge is 0.0375 e. The molecule has 1 fully saturated rings. The van der Waals surface area contributed by atoms with Crippen LogP contribution < -0.4 is 0 Å². The number of likely N-dealkylation sites (tertiary alicyclic amines) is 1. The highest BCUT2D eigenvalue weighted by molar-refractivity contribution is 5.16. The van der Waals surface area contributed by atoms with Crippen molar-refractivity contribution >= 4 is 0 Å². The minimum atomic E-state index is 0.714. The van der Waals surface area contributed by atoms with Gasteiger partial charge in [0.15, 0.2) is 0 Å². The predicted octanol–water partition coefficient (Wildman–Crippen LogP) is 3.38. The van der Waals surface area contributed by atoms with Crippen LogP contribution in [0, 0.1) is 6.92 Å². The third-order valence-corrected chi connectivity index (χ3v) is 4.36. The quantitative estimate of drug-likeness (QED) is 0.841. The number of aromatic nitrogens is 2. The first-order chi connectivity index (χ1) is 10.3. The molecule has 1 saturated heterocycles. The molecule has 1 atom stereocenters. The molecule has 1 unspecified atom stereocenters. The number of pyridine rings is 2. The molecule has 3 rings (SSSR count). The fraction of sp³-hybridized carbons (Fsp3) is 0.444. The Balaban J connectivity index is 1.57. The number of nitrogens with zero attached hydrogens (tertiary/aromatic N) is 3. The fourth-order valence-corrected chi connectivity index (χ4v) is 3.25. The summed E-state index contributed by atoms with van der Waals surface area (Å²) in [6, 6.07) is 9.33. The lowest BCUT2D eigenvalue weighted by Gasteiger charge is -2.24. The maximum absolute atomic E-state index is 4.27. The van der Waals surface area contributed by atoms with Crippen LogP contribution in [0.25, 0.3) is 0 Å². The van der Waals surface area contributed by atoms with Gasteiger partial charge in [-0.05, 0) is 74.5 Å². The lowest BCUT2D eigenvalue weighted by atomic mass is 10.0. The van der Waals surface area contributed by atoms with Crippen molar-refractivity contribution in [2.24, 2.45) is 0 Å².